The number of H-pyrrole nitrogens is 1. The summed E-state index contributed by atoms with van der Waals surface area (Å²) in [5.74, 6) is 0.505. The van der Waals surface area contributed by atoms with E-state index in [1.807, 2.05) is 6.07 Å². The number of benzene rings is 1. The third-order valence-corrected chi connectivity index (χ3v) is 2.38. The molecule has 0 amide bonds. The van der Waals surface area contributed by atoms with Gasteiger partial charge in [0.1, 0.15) is 11.8 Å². The minimum Gasteiger partial charge on any atom is -0.495 e. The number of nitrogens with two attached hydrogens (primary N) is 1. The van der Waals surface area contributed by atoms with Crippen LogP contribution in [0.15, 0.2) is 29.1 Å². The van der Waals surface area contributed by atoms with E-state index in [1.54, 1.807) is 18.2 Å². The fourth-order valence-electron chi connectivity index (χ4n) is 1.58. The number of rotatable bonds is 2. The molecule has 0 radical (unpaired) electrons. The van der Waals surface area contributed by atoms with Gasteiger partial charge < -0.3 is 10.5 Å². The Hall–Kier alpha value is -2.81. The molecule has 2 rings (SSSR count). The third-order valence-electron chi connectivity index (χ3n) is 2.38. The summed E-state index contributed by atoms with van der Waals surface area (Å²) < 4.78 is 5.04. The summed E-state index contributed by atoms with van der Waals surface area (Å²) >= 11 is 0. The lowest BCUT2D eigenvalue weighted by atomic mass is 10.1. The quantitative estimate of drug-likeness (QED) is 0.813. The molecule has 6 nitrogen and oxygen atoms in total. The van der Waals surface area contributed by atoms with Gasteiger partial charge in [0.15, 0.2) is 0 Å². The van der Waals surface area contributed by atoms with Crippen LogP contribution in [0.4, 0.5) is 5.95 Å². The molecule has 0 aliphatic heterocycles. The second-order valence-electron chi connectivity index (χ2n) is 3.54. The number of anilines is 1. The largest absolute Gasteiger partial charge is 0.495 e. The first-order chi connectivity index (χ1) is 8.63. The van der Waals surface area contributed by atoms with Gasteiger partial charge in [-0.3, -0.25) is 9.78 Å². The highest BCUT2D eigenvalue weighted by Crippen LogP contribution is 2.24. The van der Waals surface area contributed by atoms with Crippen LogP contribution in [0.2, 0.25) is 0 Å². The van der Waals surface area contributed by atoms with Crippen molar-refractivity contribution in [3.63, 3.8) is 0 Å². The zero-order valence-electron chi connectivity index (χ0n) is 9.60. The molecule has 1 heterocycles. The van der Waals surface area contributed by atoms with Gasteiger partial charge in [0.25, 0.3) is 5.56 Å². The molecule has 0 aliphatic rings. The maximum absolute atomic E-state index is 11.3. The molecule has 0 saturated heterocycles. The first kappa shape index (κ1) is 11.7. The van der Waals surface area contributed by atoms with Crippen LogP contribution >= 0.6 is 0 Å². The summed E-state index contributed by atoms with van der Waals surface area (Å²) in [6, 6.07) is 8.29. The Morgan fingerprint density at radius 2 is 2.22 bits per heavy atom. The van der Waals surface area contributed by atoms with E-state index < -0.39 is 0 Å². The molecular formula is C12H10N4O2. The highest BCUT2D eigenvalue weighted by atomic mass is 16.5. The number of aromatic amines is 1. The highest BCUT2D eigenvalue weighted by molar-refractivity contribution is 5.64. The van der Waals surface area contributed by atoms with Gasteiger partial charge in [-0.05, 0) is 18.2 Å². The third kappa shape index (κ3) is 2.15. The van der Waals surface area contributed by atoms with E-state index in [1.165, 1.54) is 13.2 Å². The zero-order chi connectivity index (χ0) is 13.1. The Morgan fingerprint density at radius 3 is 2.83 bits per heavy atom. The lowest BCUT2D eigenvalue weighted by molar-refractivity contribution is 0.413. The molecule has 0 fully saturated rings. The lowest BCUT2D eigenvalue weighted by Gasteiger charge is -2.05. The van der Waals surface area contributed by atoms with E-state index in [2.05, 4.69) is 9.97 Å². The van der Waals surface area contributed by atoms with Gasteiger partial charge in [-0.2, -0.15) is 5.26 Å². The van der Waals surface area contributed by atoms with Crippen molar-refractivity contribution in [2.75, 3.05) is 12.8 Å². The predicted molar refractivity (Wildman–Crippen MR) is 66.0 cm³/mol. The van der Waals surface area contributed by atoms with Crippen molar-refractivity contribution in [3.8, 4) is 23.1 Å². The van der Waals surface area contributed by atoms with Gasteiger partial charge in [0, 0.05) is 11.6 Å². The van der Waals surface area contributed by atoms with Crippen LogP contribution in [-0.2, 0) is 0 Å². The van der Waals surface area contributed by atoms with E-state index >= 15 is 0 Å². The Kier molecular flexibility index (Phi) is 2.98. The van der Waals surface area contributed by atoms with Crippen LogP contribution in [0, 0.1) is 11.3 Å². The summed E-state index contributed by atoms with van der Waals surface area (Å²) in [6.45, 7) is 0. The molecule has 1 aromatic carbocycles. The van der Waals surface area contributed by atoms with Gasteiger partial charge in [0.2, 0.25) is 5.95 Å². The van der Waals surface area contributed by atoms with E-state index in [-0.39, 0.29) is 11.5 Å². The van der Waals surface area contributed by atoms with Crippen molar-refractivity contribution in [3.05, 3.63) is 40.2 Å². The van der Waals surface area contributed by atoms with Gasteiger partial charge in [-0.1, -0.05) is 0 Å². The number of nitrogens with one attached hydrogen (secondary N) is 1. The molecule has 6 heteroatoms. The van der Waals surface area contributed by atoms with Crippen LogP contribution in [-0.4, -0.2) is 17.1 Å². The SMILES string of the molecule is COc1ccc(-c2cc(=O)[nH]c(N)n2)cc1C#N. The van der Waals surface area contributed by atoms with E-state index in [0.29, 0.717) is 22.6 Å². The van der Waals surface area contributed by atoms with Gasteiger partial charge >= 0.3 is 0 Å². The van der Waals surface area contributed by atoms with Crippen molar-refractivity contribution in [2.45, 2.75) is 0 Å². The fourth-order valence-corrected chi connectivity index (χ4v) is 1.58. The second kappa shape index (κ2) is 4.59. The molecular weight excluding hydrogens is 232 g/mol. The van der Waals surface area contributed by atoms with Crippen LogP contribution < -0.4 is 16.0 Å². The molecule has 90 valence electrons. The number of nitrogens with zero attached hydrogens (tertiary/aromatic N) is 2. The molecule has 3 N–H and O–H groups in total. The molecule has 0 atom stereocenters. The van der Waals surface area contributed by atoms with Crippen molar-refractivity contribution >= 4 is 5.95 Å². The van der Waals surface area contributed by atoms with Gasteiger partial charge in [-0.25, -0.2) is 4.98 Å². The number of nitrogen functional groups attached to an aromatic ring is 1. The Morgan fingerprint density at radius 1 is 1.44 bits per heavy atom. The molecule has 18 heavy (non-hydrogen) atoms. The molecule has 0 aliphatic carbocycles. The number of aromatic nitrogens is 2. The fraction of sp³-hybridized carbons (Fsp3) is 0.0833. The highest BCUT2D eigenvalue weighted by Gasteiger charge is 2.07. The molecule has 0 unspecified atom stereocenters. The number of ether oxygens (including phenoxy) is 1. The first-order valence-electron chi connectivity index (χ1n) is 5.09. The van der Waals surface area contributed by atoms with E-state index in [9.17, 15) is 4.79 Å². The molecule has 2 aromatic rings. The van der Waals surface area contributed by atoms with E-state index in [4.69, 9.17) is 15.7 Å². The van der Waals surface area contributed by atoms with Crippen molar-refractivity contribution in [1.82, 2.24) is 9.97 Å². The lowest BCUT2D eigenvalue weighted by Crippen LogP contribution is -2.10. The number of hydrogen-bond acceptors (Lipinski definition) is 5. The smallest absolute Gasteiger partial charge is 0.252 e. The number of hydrogen-bond donors (Lipinski definition) is 2. The average molecular weight is 242 g/mol. The summed E-state index contributed by atoms with van der Waals surface area (Å²) in [4.78, 5) is 17.7. The molecule has 1 aromatic heterocycles. The molecule has 0 spiro atoms. The average Bonchev–Trinajstić information content (AvgIpc) is 2.36. The predicted octanol–water partition coefficient (Wildman–Crippen LogP) is 0.899. The number of nitriles is 1. The summed E-state index contributed by atoms with van der Waals surface area (Å²) in [7, 11) is 1.49. The maximum Gasteiger partial charge on any atom is 0.252 e. The maximum atomic E-state index is 11.3. The summed E-state index contributed by atoms with van der Waals surface area (Å²) in [5, 5.41) is 8.99. The second-order valence-corrected chi connectivity index (χ2v) is 3.54. The minimum absolute atomic E-state index is 0.0341. The summed E-state index contributed by atoms with van der Waals surface area (Å²) in [5.41, 5.74) is 6.54. The monoisotopic (exact) mass is 242 g/mol. The topological polar surface area (TPSA) is 105 Å². The standard InChI is InChI=1S/C12H10N4O2/c1-18-10-3-2-7(4-8(10)6-13)9-5-11(17)16-12(14)15-9/h2-5H,1H3,(H3,14,15,16,17). The van der Waals surface area contributed by atoms with Gasteiger partial charge in [0.05, 0.1) is 18.4 Å². The molecule has 0 saturated carbocycles. The Balaban J connectivity index is 2.58. The van der Waals surface area contributed by atoms with Crippen molar-refractivity contribution in [1.29, 1.82) is 5.26 Å². The van der Waals surface area contributed by atoms with Gasteiger partial charge in [-0.15, -0.1) is 0 Å². The minimum atomic E-state index is -0.341. The number of methoxy groups -OCH3 is 1. The molecule has 0 bridgehead atoms. The van der Waals surface area contributed by atoms with Crippen LogP contribution in [0.25, 0.3) is 11.3 Å². The first-order valence-corrected chi connectivity index (χ1v) is 5.09. The summed E-state index contributed by atoms with van der Waals surface area (Å²) in [6.07, 6.45) is 0. The zero-order valence-corrected chi connectivity index (χ0v) is 9.60. The van der Waals surface area contributed by atoms with E-state index in [0.717, 1.165) is 0 Å². The van der Waals surface area contributed by atoms with Crippen molar-refractivity contribution < 1.29 is 4.74 Å². The van der Waals surface area contributed by atoms with Crippen molar-refractivity contribution in [2.24, 2.45) is 0 Å². The normalized spacial score (nSPS) is 9.78. The Bertz CT molecular complexity index is 685. The Labute approximate surface area is 103 Å². The van der Waals surface area contributed by atoms with Crippen LogP contribution in [0.1, 0.15) is 5.56 Å². The van der Waals surface area contributed by atoms with Crippen LogP contribution in [0.5, 0.6) is 5.75 Å². The van der Waals surface area contributed by atoms with Crippen LogP contribution in [0.3, 0.4) is 0 Å².